The van der Waals surface area contributed by atoms with Crippen LogP contribution >= 0.6 is 11.6 Å². The Labute approximate surface area is 103 Å². The second-order valence-electron chi connectivity index (χ2n) is 3.31. The van der Waals surface area contributed by atoms with Gasteiger partial charge in [0.2, 0.25) is 0 Å². The Morgan fingerprint density at radius 3 is 2.82 bits per heavy atom. The second kappa shape index (κ2) is 4.34. The van der Waals surface area contributed by atoms with Crippen molar-refractivity contribution in [3.63, 3.8) is 0 Å². The predicted octanol–water partition coefficient (Wildman–Crippen LogP) is 1.27. The largest absolute Gasteiger partial charge is 0.274 e. The third-order valence-electron chi connectivity index (χ3n) is 1.95. The molecular weight excluding hydrogens is 264 g/mol. The van der Waals surface area contributed by atoms with Crippen molar-refractivity contribution in [2.45, 2.75) is 4.90 Å². The predicted molar refractivity (Wildman–Crippen MR) is 63.3 cm³/mol. The number of pyridine rings is 1. The highest BCUT2D eigenvalue weighted by atomic mass is 35.5. The Hall–Kier alpha value is -1.60. The first-order valence-corrected chi connectivity index (χ1v) is 6.46. The number of hydrogen-bond donors (Lipinski definition) is 1. The molecule has 0 atom stereocenters. The van der Waals surface area contributed by atoms with Gasteiger partial charge < -0.3 is 0 Å². The lowest BCUT2D eigenvalue weighted by Crippen LogP contribution is -2.13. The van der Waals surface area contributed by atoms with E-state index in [9.17, 15) is 8.42 Å². The van der Waals surface area contributed by atoms with E-state index in [1.807, 2.05) is 0 Å². The molecule has 0 aliphatic rings. The van der Waals surface area contributed by atoms with E-state index >= 15 is 0 Å². The number of nitrogens with one attached hydrogen (secondary N) is 1. The summed E-state index contributed by atoms with van der Waals surface area (Å²) >= 11 is 5.73. The lowest BCUT2D eigenvalue weighted by molar-refractivity contribution is 0.601. The summed E-state index contributed by atoms with van der Waals surface area (Å²) in [5, 5.41) is 4.20. The molecule has 0 aromatic carbocycles. The van der Waals surface area contributed by atoms with Gasteiger partial charge in [0.15, 0.2) is 0 Å². The molecule has 1 N–H and O–H groups in total. The number of nitrogens with zero attached hydrogens (tertiary/aromatic N) is 3. The molecule has 0 aliphatic carbocycles. The molecule has 0 amide bonds. The second-order valence-corrected chi connectivity index (χ2v) is 5.43. The van der Waals surface area contributed by atoms with E-state index in [0.717, 1.165) is 0 Å². The number of rotatable bonds is 3. The number of anilines is 1. The first-order valence-electron chi connectivity index (χ1n) is 4.60. The maximum absolute atomic E-state index is 11.9. The van der Waals surface area contributed by atoms with Gasteiger partial charge >= 0.3 is 0 Å². The molecule has 0 radical (unpaired) electrons. The zero-order valence-corrected chi connectivity index (χ0v) is 10.4. The van der Waals surface area contributed by atoms with Crippen LogP contribution in [-0.2, 0) is 17.1 Å². The molecule has 8 heteroatoms. The van der Waals surface area contributed by atoms with Crippen LogP contribution in [0, 0.1) is 0 Å². The topological polar surface area (TPSA) is 76.9 Å². The van der Waals surface area contributed by atoms with Gasteiger partial charge in [0, 0.05) is 30.5 Å². The first kappa shape index (κ1) is 11.9. The molecule has 0 fully saturated rings. The standard InChI is InChI=1S/C9H9ClN4O2S/c1-14-6-8(5-12-14)17(15,16)13-9-4-7(10)2-3-11-9/h2-6H,1H3,(H,11,13). The number of sulfonamides is 1. The van der Waals surface area contributed by atoms with Crippen molar-refractivity contribution in [3.05, 3.63) is 35.7 Å². The van der Waals surface area contributed by atoms with E-state index < -0.39 is 10.0 Å². The third kappa shape index (κ3) is 2.75. The monoisotopic (exact) mass is 272 g/mol. The van der Waals surface area contributed by atoms with Crippen LogP contribution in [0.4, 0.5) is 5.82 Å². The molecule has 2 aromatic heterocycles. The van der Waals surface area contributed by atoms with Crippen molar-refractivity contribution >= 4 is 27.4 Å². The van der Waals surface area contributed by atoms with Crippen molar-refractivity contribution in [1.82, 2.24) is 14.8 Å². The van der Waals surface area contributed by atoms with E-state index in [2.05, 4.69) is 14.8 Å². The summed E-state index contributed by atoms with van der Waals surface area (Å²) in [5.74, 6) is 0.168. The molecule has 2 rings (SSSR count). The molecule has 0 saturated carbocycles. The number of halogens is 1. The van der Waals surface area contributed by atoms with Gasteiger partial charge in [-0.25, -0.2) is 13.4 Å². The SMILES string of the molecule is Cn1cc(S(=O)(=O)Nc2cc(Cl)ccn2)cn1. The maximum Gasteiger partial charge on any atom is 0.266 e. The van der Waals surface area contributed by atoms with Gasteiger partial charge in [0.25, 0.3) is 10.0 Å². The lowest BCUT2D eigenvalue weighted by Gasteiger charge is -2.04. The first-order chi connectivity index (χ1) is 7.97. The van der Waals surface area contributed by atoms with Gasteiger partial charge in [-0.05, 0) is 6.07 Å². The highest BCUT2D eigenvalue weighted by Crippen LogP contribution is 2.16. The maximum atomic E-state index is 11.9. The summed E-state index contributed by atoms with van der Waals surface area (Å²) in [6.45, 7) is 0. The van der Waals surface area contributed by atoms with Crippen molar-refractivity contribution < 1.29 is 8.42 Å². The fourth-order valence-corrected chi connectivity index (χ4v) is 2.34. The number of aryl methyl sites for hydroxylation is 1. The molecule has 0 bridgehead atoms. The Kier molecular flexibility index (Phi) is 3.03. The average molecular weight is 273 g/mol. The van der Waals surface area contributed by atoms with E-state index in [1.54, 1.807) is 13.1 Å². The smallest absolute Gasteiger partial charge is 0.266 e. The van der Waals surface area contributed by atoms with Crippen molar-refractivity contribution in [2.24, 2.45) is 7.05 Å². The summed E-state index contributed by atoms with van der Waals surface area (Å²) in [6, 6.07) is 2.99. The van der Waals surface area contributed by atoms with Gasteiger partial charge in [0.05, 0.1) is 6.20 Å². The van der Waals surface area contributed by atoms with Gasteiger partial charge in [-0.15, -0.1) is 0 Å². The summed E-state index contributed by atoms with van der Waals surface area (Å²) in [5.41, 5.74) is 0. The third-order valence-corrected chi connectivity index (χ3v) is 3.50. The van der Waals surface area contributed by atoms with Crippen LogP contribution < -0.4 is 4.72 Å². The van der Waals surface area contributed by atoms with Crippen molar-refractivity contribution in [1.29, 1.82) is 0 Å². The summed E-state index contributed by atoms with van der Waals surface area (Å²) < 4.78 is 27.5. The Balaban J connectivity index is 2.29. The normalized spacial score (nSPS) is 11.4. The van der Waals surface area contributed by atoms with Crippen LogP contribution in [0.15, 0.2) is 35.6 Å². The molecule has 2 heterocycles. The molecule has 0 aliphatic heterocycles. The lowest BCUT2D eigenvalue weighted by atomic mass is 10.5. The van der Waals surface area contributed by atoms with Gasteiger partial charge in [0.1, 0.15) is 10.7 Å². The van der Waals surface area contributed by atoms with Crippen molar-refractivity contribution in [3.8, 4) is 0 Å². The van der Waals surface area contributed by atoms with Crippen LogP contribution in [0.5, 0.6) is 0 Å². The molecule has 90 valence electrons. The van der Waals surface area contributed by atoms with Gasteiger partial charge in [-0.3, -0.25) is 9.40 Å². The summed E-state index contributed by atoms with van der Waals surface area (Å²) in [7, 11) is -2.03. The average Bonchev–Trinajstić information content (AvgIpc) is 2.65. The van der Waals surface area contributed by atoms with Gasteiger partial charge in [-0.1, -0.05) is 11.6 Å². The fraction of sp³-hybridized carbons (Fsp3) is 0.111. The Bertz CT molecular complexity index is 638. The molecule has 0 unspecified atom stereocenters. The highest BCUT2D eigenvalue weighted by molar-refractivity contribution is 7.92. The van der Waals surface area contributed by atoms with E-state index in [-0.39, 0.29) is 10.7 Å². The minimum Gasteiger partial charge on any atom is -0.274 e. The van der Waals surface area contributed by atoms with Crippen LogP contribution in [0.3, 0.4) is 0 Å². The minimum atomic E-state index is -3.66. The Morgan fingerprint density at radius 2 is 2.24 bits per heavy atom. The summed E-state index contributed by atoms with van der Waals surface area (Å²) in [4.78, 5) is 3.93. The molecular formula is C9H9ClN4O2S. The molecule has 0 spiro atoms. The Morgan fingerprint density at radius 1 is 1.47 bits per heavy atom. The highest BCUT2D eigenvalue weighted by Gasteiger charge is 2.16. The fourth-order valence-electron chi connectivity index (χ4n) is 1.19. The summed E-state index contributed by atoms with van der Waals surface area (Å²) in [6.07, 6.45) is 4.07. The zero-order chi connectivity index (χ0) is 12.5. The molecule has 17 heavy (non-hydrogen) atoms. The van der Waals surface area contributed by atoms with Crippen LogP contribution in [-0.4, -0.2) is 23.2 Å². The number of hydrogen-bond acceptors (Lipinski definition) is 4. The zero-order valence-electron chi connectivity index (χ0n) is 8.83. The molecule has 6 nitrogen and oxygen atoms in total. The molecule has 2 aromatic rings. The van der Waals surface area contributed by atoms with Crippen LogP contribution in [0.1, 0.15) is 0 Å². The van der Waals surface area contributed by atoms with E-state index in [4.69, 9.17) is 11.6 Å². The molecule has 0 saturated heterocycles. The van der Waals surface area contributed by atoms with Crippen LogP contribution in [0.2, 0.25) is 5.02 Å². The van der Waals surface area contributed by atoms with E-state index in [1.165, 1.54) is 29.3 Å². The van der Waals surface area contributed by atoms with Gasteiger partial charge in [-0.2, -0.15) is 5.10 Å². The number of aromatic nitrogens is 3. The quantitative estimate of drug-likeness (QED) is 0.913. The van der Waals surface area contributed by atoms with Crippen molar-refractivity contribution in [2.75, 3.05) is 4.72 Å². The minimum absolute atomic E-state index is 0.0711. The van der Waals surface area contributed by atoms with E-state index in [0.29, 0.717) is 5.02 Å². The van der Waals surface area contributed by atoms with Crippen LogP contribution in [0.25, 0.3) is 0 Å².